The summed E-state index contributed by atoms with van der Waals surface area (Å²) >= 11 is 0. The van der Waals surface area contributed by atoms with Crippen LogP contribution in [0.25, 0.3) is 0 Å². The molecule has 2 N–H and O–H groups in total. The SMILES string of the molecule is Cc1ccc(O)c(NC(=O)c2ccc(CN3C(=O)COc4ccccc43)cc2)c1. The van der Waals surface area contributed by atoms with Crippen LogP contribution in [-0.4, -0.2) is 23.5 Å². The third-order valence-corrected chi connectivity index (χ3v) is 4.77. The molecule has 4 rings (SSSR count). The molecule has 1 heterocycles. The molecule has 0 fully saturated rings. The Hall–Kier alpha value is -3.80. The van der Waals surface area contributed by atoms with Gasteiger partial charge in [-0.3, -0.25) is 9.59 Å². The van der Waals surface area contributed by atoms with Crippen LogP contribution >= 0.6 is 0 Å². The lowest BCUT2D eigenvalue weighted by Gasteiger charge is -2.29. The van der Waals surface area contributed by atoms with Gasteiger partial charge in [-0.2, -0.15) is 0 Å². The maximum absolute atomic E-state index is 12.5. The van der Waals surface area contributed by atoms with Crippen LogP contribution in [0, 0.1) is 6.92 Å². The molecule has 3 aromatic carbocycles. The van der Waals surface area contributed by atoms with Gasteiger partial charge in [0.25, 0.3) is 11.8 Å². The molecule has 1 aliphatic heterocycles. The Morgan fingerprint density at radius 3 is 2.66 bits per heavy atom. The van der Waals surface area contributed by atoms with Gasteiger partial charge in [0.2, 0.25) is 0 Å². The van der Waals surface area contributed by atoms with Crippen molar-refractivity contribution in [3.8, 4) is 11.5 Å². The smallest absolute Gasteiger partial charge is 0.265 e. The Kier molecular flexibility index (Phi) is 4.91. The van der Waals surface area contributed by atoms with E-state index in [2.05, 4.69) is 5.32 Å². The molecule has 0 aromatic heterocycles. The van der Waals surface area contributed by atoms with Crippen molar-refractivity contribution in [1.82, 2.24) is 0 Å². The molecular weight excluding hydrogens is 368 g/mol. The summed E-state index contributed by atoms with van der Waals surface area (Å²) in [6.07, 6.45) is 0. The van der Waals surface area contributed by atoms with E-state index in [1.165, 1.54) is 0 Å². The van der Waals surface area contributed by atoms with E-state index < -0.39 is 0 Å². The van der Waals surface area contributed by atoms with E-state index in [1.807, 2.05) is 43.3 Å². The van der Waals surface area contributed by atoms with Crippen LogP contribution in [0.15, 0.2) is 66.7 Å². The number of aryl methyl sites for hydroxylation is 1. The summed E-state index contributed by atoms with van der Waals surface area (Å²) in [5.41, 5.74) is 3.40. The average Bonchev–Trinajstić information content (AvgIpc) is 2.73. The number of carbonyl (C=O) groups is 2. The number of carbonyl (C=O) groups excluding carboxylic acids is 2. The summed E-state index contributed by atoms with van der Waals surface area (Å²) in [4.78, 5) is 26.5. The molecule has 6 nitrogen and oxygen atoms in total. The Morgan fingerprint density at radius 2 is 1.86 bits per heavy atom. The lowest BCUT2D eigenvalue weighted by Crippen LogP contribution is -2.38. The lowest BCUT2D eigenvalue weighted by atomic mass is 10.1. The van der Waals surface area contributed by atoms with Crippen molar-refractivity contribution < 1.29 is 19.4 Å². The number of hydrogen-bond donors (Lipinski definition) is 2. The number of ether oxygens (including phenoxy) is 1. The fourth-order valence-corrected chi connectivity index (χ4v) is 3.22. The van der Waals surface area contributed by atoms with Crippen LogP contribution in [-0.2, 0) is 11.3 Å². The van der Waals surface area contributed by atoms with E-state index in [1.54, 1.807) is 35.2 Å². The van der Waals surface area contributed by atoms with E-state index in [-0.39, 0.29) is 24.2 Å². The Labute approximate surface area is 168 Å². The number of phenolic OH excluding ortho intramolecular Hbond substituents is 1. The number of rotatable bonds is 4. The molecule has 1 aliphatic rings. The molecule has 0 aliphatic carbocycles. The summed E-state index contributed by atoms with van der Waals surface area (Å²) in [6, 6.07) is 19.5. The van der Waals surface area contributed by atoms with Gasteiger partial charge in [-0.25, -0.2) is 0 Å². The number of phenols is 1. The first kappa shape index (κ1) is 18.6. The van der Waals surface area contributed by atoms with Gasteiger partial charge in [-0.15, -0.1) is 0 Å². The van der Waals surface area contributed by atoms with Crippen molar-refractivity contribution in [2.45, 2.75) is 13.5 Å². The molecule has 6 heteroatoms. The monoisotopic (exact) mass is 388 g/mol. The maximum atomic E-state index is 12.5. The van der Waals surface area contributed by atoms with E-state index in [9.17, 15) is 14.7 Å². The Bertz CT molecular complexity index is 1080. The van der Waals surface area contributed by atoms with Gasteiger partial charge in [-0.1, -0.05) is 30.3 Å². The average molecular weight is 388 g/mol. The van der Waals surface area contributed by atoms with Crippen LogP contribution in [0.5, 0.6) is 11.5 Å². The molecule has 29 heavy (non-hydrogen) atoms. The predicted octanol–water partition coefficient (Wildman–Crippen LogP) is 3.88. The van der Waals surface area contributed by atoms with Crippen molar-refractivity contribution in [2.24, 2.45) is 0 Å². The predicted molar refractivity (Wildman–Crippen MR) is 110 cm³/mol. The Morgan fingerprint density at radius 1 is 1.10 bits per heavy atom. The van der Waals surface area contributed by atoms with Crippen molar-refractivity contribution in [2.75, 3.05) is 16.8 Å². The van der Waals surface area contributed by atoms with E-state index in [0.717, 1.165) is 16.8 Å². The van der Waals surface area contributed by atoms with Crippen LogP contribution in [0.3, 0.4) is 0 Å². The molecule has 0 radical (unpaired) electrons. The number of nitrogens with one attached hydrogen (secondary N) is 1. The second-order valence-electron chi connectivity index (χ2n) is 6.91. The molecule has 0 bridgehead atoms. The largest absolute Gasteiger partial charge is 0.506 e. The van der Waals surface area contributed by atoms with E-state index in [4.69, 9.17) is 4.74 Å². The van der Waals surface area contributed by atoms with Gasteiger partial charge in [0.15, 0.2) is 6.61 Å². The highest BCUT2D eigenvalue weighted by Gasteiger charge is 2.25. The molecule has 0 unspecified atom stereocenters. The van der Waals surface area contributed by atoms with Crippen LogP contribution < -0.4 is 15.0 Å². The summed E-state index contributed by atoms with van der Waals surface area (Å²) in [5, 5.41) is 12.6. The molecule has 3 aromatic rings. The normalized spacial score (nSPS) is 12.9. The third-order valence-electron chi connectivity index (χ3n) is 4.77. The number of anilines is 2. The molecule has 2 amide bonds. The fourth-order valence-electron chi connectivity index (χ4n) is 3.22. The molecule has 146 valence electrons. The Balaban J connectivity index is 1.49. The summed E-state index contributed by atoms with van der Waals surface area (Å²) in [6.45, 7) is 2.28. The third kappa shape index (κ3) is 3.91. The van der Waals surface area contributed by atoms with Crippen molar-refractivity contribution >= 4 is 23.2 Å². The zero-order valence-electron chi connectivity index (χ0n) is 15.9. The molecule has 0 spiro atoms. The van der Waals surface area contributed by atoms with Crippen LogP contribution in [0.2, 0.25) is 0 Å². The van der Waals surface area contributed by atoms with Crippen molar-refractivity contribution in [1.29, 1.82) is 0 Å². The van der Waals surface area contributed by atoms with Gasteiger partial charge in [0.1, 0.15) is 11.5 Å². The van der Waals surface area contributed by atoms with Gasteiger partial charge < -0.3 is 20.1 Å². The molecular formula is C23H20N2O4. The molecule has 0 atom stereocenters. The number of fused-ring (bicyclic) bond motifs is 1. The van der Waals surface area contributed by atoms with E-state index in [0.29, 0.717) is 23.5 Å². The van der Waals surface area contributed by atoms with Crippen molar-refractivity contribution in [3.63, 3.8) is 0 Å². The van der Waals surface area contributed by atoms with Gasteiger partial charge >= 0.3 is 0 Å². The standard InChI is InChI=1S/C23H20N2O4/c1-15-6-11-20(26)18(12-15)24-23(28)17-9-7-16(8-10-17)13-25-19-4-2-3-5-21(19)29-14-22(25)27/h2-12,26H,13-14H2,1H3,(H,24,28). The number of nitrogens with zero attached hydrogens (tertiary/aromatic N) is 1. The van der Waals surface area contributed by atoms with E-state index >= 15 is 0 Å². The summed E-state index contributed by atoms with van der Waals surface area (Å²) in [5.74, 6) is 0.275. The minimum Gasteiger partial charge on any atom is -0.506 e. The highest BCUT2D eigenvalue weighted by Crippen LogP contribution is 2.32. The zero-order chi connectivity index (χ0) is 20.4. The highest BCUT2D eigenvalue weighted by atomic mass is 16.5. The summed E-state index contributed by atoms with van der Waals surface area (Å²) in [7, 11) is 0. The first-order valence-electron chi connectivity index (χ1n) is 9.23. The van der Waals surface area contributed by atoms with Gasteiger partial charge in [-0.05, 0) is 54.4 Å². The number of benzene rings is 3. The molecule has 0 saturated heterocycles. The quantitative estimate of drug-likeness (QED) is 0.665. The minimum atomic E-state index is -0.315. The topological polar surface area (TPSA) is 78.9 Å². The first-order valence-corrected chi connectivity index (χ1v) is 9.23. The maximum Gasteiger partial charge on any atom is 0.265 e. The zero-order valence-corrected chi connectivity index (χ0v) is 15.9. The fraction of sp³-hybridized carbons (Fsp3) is 0.130. The highest BCUT2D eigenvalue weighted by molar-refractivity contribution is 6.05. The van der Waals surface area contributed by atoms with Crippen LogP contribution in [0.1, 0.15) is 21.5 Å². The van der Waals surface area contributed by atoms with Crippen LogP contribution in [0.4, 0.5) is 11.4 Å². The number of amides is 2. The number of aromatic hydroxyl groups is 1. The lowest BCUT2D eigenvalue weighted by molar-refractivity contribution is -0.121. The van der Waals surface area contributed by atoms with Gasteiger partial charge in [0.05, 0.1) is 17.9 Å². The summed E-state index contributed by atoms with van der Waals surface area (Å²) < 4.78 is 5.46. The molecule has 0 saturated carbocycles. The second kappa shape index (κ2) is 7.67. The van der Waals surface area contributed by atoms with Gasteiger partial charge in [0, 0.05) is 5.56 Å². The number of para-hydroxylation sites is 2. The first-order chi connectivity index (χ1) is 14.0. The second-order valence-corrected chi connectivity index (χ2v) is 6.91. The minimum absolute atomic E-state index is 0.0114. The van der Waals surface area contributed by atoms with Crippen molar-refractivity contribution in [3.05, 3.63) is 83.4 Å². The number of hydrogen-bond acceptors (Lipinski definition) is 4.